The molecule has 12 heteroatoms. The van der Waals surface area contributed by atoms with Gasteiger partial charge in [-0.05, 0) is 83.6 Å². The van der Waals surface area contributed by atoms with Crippen molar-refractivity contribution in [3.05, 3.63) is 74.4 Å². The number of carboxylic acids is 2. The fourth-order valence-electron chi connectivity index (χ4n) is 6.00. The molecule has 0 aromatic heterocycles. The van der Waals surface area contributed by atoms with E-state index in [2.05, 4.69) is 37.7 Å². The Bertz CT molecular complexity index is 1820. The Morgan fingerprint density at radius 3 is 2.16 bits per heavy atom. The van der Waals surface area contributed by atoms with Gasteiger partial charge in [-0.15, -0.1) is 0 Å². The summed E-state index contributed by atoms with van der Waals surface area (Å²) in [7, 11) is -0.946. The Morgan fingerprint density at radius 2 is 1.56 bits per heavy atom. The van der Waals surface area contributed by atoms with E-state index in [4.69, 9.17) is 8.94 Å². The topological polar surface area (TPSA) is 167 Å². The van der Waals surface area contributed by atoms with Gasteiger partial charge >= 0.3 is 11.9 Å². The molecule has 4 N–H and O–H groups in total. The van der Waals surface area contributed by atoms with E-state index in [0.29, 0.717) is 16.5 Å². The fourth-order valence-corrected chi connectivity index (χ4v) is 7.79. The van der Waals surface area contributed by atoms with Crippen LogP contribution in [-0.2, 0) is 4.52 Å². The predicted octanol–water partition coefficient (Wildman–Crippen LogP) is 6.09. The number of carbonyl (C=O) groups excluding carboxylic acids is 1. The highest BCUT2D eigenvalue weighted by molar-refractivity contribution is 7.49. The third kappa shape index (κ3) is 6.56. The van der Waals surface area contributed by atoms with Gasteiger partial charge in [-0.2, -0.15) is 0 Å². The lowest BCUT2D eigenvalue weighted by Crippen LogP contribution is -2.34. The molecule has 0 radical (unpaired) electrons. The van der Waals surface area contributed by atoms with Gasteiger partial charge in [0, 0.05) is 52.8 Å². The van der Waals surface area contributed by atoms with Crippen molar-refractivity contribution in [1.82, 2.24) is 9.99 Å². The summed E-state index contributed by atoms with van der Waals surface area (Å²) >= 11 is 0. The summed E-state index contributed by atoms with van der Waals surface area (Å²) in [5, 5.41) is 34.1. The Morgan fingerprint density at radius 1 is 0.911 bits per heavy atom. The number of phenolic OH excluding ortho intramolecular Hbond substituents is 1. The number of aromatic hydroxyl groups is 1. The van der Waals surface area contributed by atoms with E-state index in [9.17, 15) is 34.5 Å². The second-order valence-corrected chi connectivity index (χ2v) is 12.9. The van der Waals surface area contributed by atoms with Gasteiger partial charge in [0.25, 0.3) is 5.91 Å². The minimum atomic E-state index is -1.41. The quantitative estimate of drug-likeness (QED) is 0.0859. The molecule has 0 saturated carbocycles. The molecule has 0 saturated heterocycles. The summed E-state index contributed by atoms with van der Waals surface area (Å²) in [5.41, 5.74) is -0.373. The van der Waals surface area contributed by atoms with E-state index in [1.165, 1.54) is 50.2 Å². The zero-order valence-electron chi connectivity index (χ0n) is 26.2. The highest BCUT2D eigenvalue weighted by Gasteiger charge is 2.33. The van der Waals surface area contributed by atoms with Crippen LogP contribution in [0.25, 0.3) is 33.4 Å². The average Bonchev–Trinajstić information content (AvgIpc) is 2.93. The van der Waals surface area contributed by atoms with Crippen molar-refractivity contribution in [2.24, 2.45) is 0 Å². The SMILES string of the molecule is Cc1c(C(=O)NCCOP(C)N(C(C)C)C(C)C)c(C(=O)O)c(C)c(-c2c3ccc(=O)cc-3oc3cc(O)ccc23)c1C(=O)O. The molecule has 1 heterocycles. The lowest BCUT2D eigenvalue weighted by atomic mass is 9.81. The van der Waals surface area contributed by atoms with Crippen molar-refractivity contribution >= 4 is 37.1 Å². The van der Waals surface area contributed by atoms with E-state index in [-0.39, 0.29) is 81.1 Å². The van der Waals surface area contributed by atoms with E-state index in [0.717, 1.165) is 0 Å². The van der Waals surface area contributed by atoms with Gasteiger partial charge in [-0.25, -0.2) is 9.59 Å². The minimum Gasteiger partial charge on any atom is -0.508 e. The van der Waals surface area contributed by atoms with E-state index >= 15 is 0 Å². The van der Waals surface area contributed by atoms with Crippen LogP contribution in [0.5, 0.6) is 5.75 Å². The smallest absolute Gasteiger partial charge is 0.336 e. The molecule has 2 aliphatic rings. The lowest BCUT2D eigenvalue weighted by Gasteiger charge is -2.35. The van der Waals surface area contributed by atoms with Gasteiger partial charge < -0.3 is 29.6 Å². The Hall–Kier alpha value is -4.31. The molecule has 0 fully saturated rings. The zero-order valence-corrected chi connectivity index (χ0v) is 27.1. The number of amides is 1. The number of aromatic carboxylic acids is 2. The number of fused-ring (bicyclic) bond motifs is 2. The first kappa shape index (κ1) is 33.6. The van der Waals surface area contributed by atoms with Crippen molar-refractivity contribution in [3.8, 4) is 28.2 Å². The number of carbonyl (C=O) groups is 3. The van der Waals surface area contributed by atoms with E-state index in [1.54, 1.807) is 0 Å². The highest BCUT2D eigenvalue weighted by atomic mass is 31.2. The van der Waals surface area contributed by atoms with Crippen molar-refractivity contribution < 1.29 is 38.6 Å². The molecule has 1 aliphatic carbocycles. The molecular formula is C33H37N2O9P. The van der Waals surface area contributed by atoms with Crippen molar-refractivity contribution in [2.75, 3.05) is 19.8 Å². The van der Waals surface area contributed by atoms with Gasteiger partial charge in [0.1, 0.15) is 25.4 Å². The van der Waals surface area contributed by atoms with Gasteiger partial charge in [-0.3, -0.25) is 14.3 Å². The predicted molar refractivity (Wildman–Crippen MR) is 173 cm³/mol. The van der Waals surface area contributed by atoms with Crippen LogP contribution in [0.2, 0.25) is 0 Å². The van der Waals surface area contributed by atoms with Gasteiger partial charge in [0.15, 0.2) is 5.43 Å². The number of hydrogen-bond acceptors (Lipinski definition) is 8. The molecule has 1 atom stereocenters. The number of benzene rings is 3. The number of carboxylic acid groups (broad SMARTS) is 2. The van der Waals surface area contributed by atoms with Crippen molar-refractivity contribution in [2.45, 2.75) is 53.6 Å². The number of nitrogens with one attached hydrogen (secondary N) is 1. The molecule has 2 aromatic carbocycles. The Balaban J connectivity index is 1.86. The number of rotatable bonds is 11. The van der Waals surface area contributed by atoms with Crippen LogP contribution in [0.15, 0.2) is 45.6 Å². The highest BCUT2D eigenvalue weighted by Crippen LogP contribution is 2.45. The summed E-state index contributed by atoms with van der Waals surface area (Å²) in [6.45, 7) is 13.4. The monoisotopic (exact) mass is 636 g/mol. The Kier molecular flexibility index (Phi) is 9.97. The molecule has 45 heavy (non-hydrogen) atoms. The average molecular weight is 637 g/mol. The van der Waals surface area contributed by atoms with Crippen LogP contribution in [0.1, 0.15) is 69.9 Å². The molecule has 11 nitrogen and oxygen atoms in total. The molecule has 0 spiro atoms. The third-order valence-electron chi connectivity index (χ3n) is 7.63. The largest absolute Gasteiger partial charge is 0.508 e. The van der Waals surface area contributed by atoms with Gasteiger partial charge in [0.05, 0.1) is 23.3 Å². The lowest BCUT2D eigenvalue weighted by molar-refractivity contribution is 0.0677. The second-order valence-electron chi connectivity index (χ2n) is 11.3. The van der Waals surface area contributed by atoms with Crippen LogP contribution in [0.3, 0.4) is 0 Å². The molecule has 0 bridgehead atoms. The maximum absolute atomic E-state index is 13.6. The van der Waals surface area contributed by atoms with Crippen molar-refractivity contribution in [1.29, 1.82) is 0 Å². The molecule has 1 amide bonds. The molecule has 238 valence electrons. The van der Waals surface area contributed by atoms with E-state index in [1.807, 2.05) is 6.66 Å². The number of nitrogens with zero attached hydrogens (tertiary/aromatic N) is 1. The van der Waals surface area contributed by atoms with Crippen LogP contribution < -0.4 is 10.7 Å². The summed E-state index contributed by atoms with van der Waals surface area (Å²) in [6.07, 6.45) is 0. The first-order valence-corrected chi connectivity index (χ1v) is 16.1. The normalized spacial score (nSPS) is 12.4. The summed E-state index contributed by atoms with van der Waals surface area (Å²) in [4.78, 5) is 51.4. The van der Waals surface area contributed by atoms with Gasteiger partial charge in [-0.1, -0.05) is 0 Å². The first-order chi connectivity index (χ1) is 21.1. The first-order valence-electron chi connectivity index (χ1n) is 14.4. The molecule has 1 unspecified atom stereocenters. The van der Waals surface area contributed by atoms with Crippen molar-refractivity contribution in [3.63, 3.8) is 0 Å². The Labute approximate surface area is 261 Å². The maximum atomic E-state index is 13.6. The molecule has 2 aromatic rings. The van der Waals surface area contributed by atoms with Crippen LogP contribution in [0, 0.1) is 13.8 Å². The summed E-state index contributed by atoms with van der Waals surface area (Å²) < 4.78 is 14.1. The summed E-state index contributed by atoms with van der Waals surface area (Å²) in [5.74, 6) is -3.53. The summed E-state index contributed by atoms with van der Waals surface area (Å²) in [6, 6.07) is 8.76. The van der Waals surface area contributed by atoms with E-state index < -0.39 is 26.1 Å². The second kappa shape index (κ2) is 13.4. The standard InChI is InChI=1S/C33H37N2O9P/c1-16(2)35(17(3)4)45(7)43-13-12-34-31(38)27-19(6)28(32(39)40)26(18(5)29(27)33(41)42)30-22-10-8-20(36)14-24(22)44-25-15-21(37)9-11-23(25)30/h8-11,14-17,36H,12-13H2,1-7H3,(H,34,38)(H,39,40)(H,41,42). The van der Waals surface area contributed by atoms with Crippen LogP contribution in [-0.4, -0.2) is 69.7 Å². The van der Waals surface area contributed by atoms with Crippen LogP contribution in [0.4, 0.5) is 0 Å². The molecule has 4 rings (SSSR count). The number of phenols is 1. The zero-order chi connectivity index (χ0) is 33.3. The number of hydrogen-bond donors (Lipinski definition) is 4. The molecular weight excluding hydrogens is 599 g/mol. The minimum absolute atomic E-state index is 0.0382. The fraction of sp³-hybridized carbons (Fsp3) is 0.333. The van der Waals surface area contributed by atoms with Crippen LogP contribution >= 0.6 is 8.30 Å². The third-order valence-corrected chi connectivity index (χ3v) is 9.76. The van der Waals surface area contributed by atoms with Gasteiger partial charge in [0.2, 0.25) is 0 Å². The molecule has 1 aliphatic heterocycles. The maximum Gasteiger partial charge on any atom is 0.336 e.